The fourth-order valence-electron chi connectivity index (χ4n) is 2.13. The highest BCUT2D eigenvalue weighted by Crippen LogP contribution is 2.12. The lowest BCUT2D eigenvalue weighted by Gasteiger charge is -2.34. The maximum absolute atomic E-state index is 11.0. The van der Waals surface area contributed by atoms with Crippen molar-refractivity contribution in [2.24, 2.45) is 0 Å². The molecule has 1 amide bonds. The monoisotopic (exact) mass is 227 g/mol. The zero-order chi connectivity index (χ0) is 12.0. The summed E-state index contributed by atoms with van der Waals surface area (Å²) in [5, 5.41) is 6.10. The molecular formula is C12H25N3O. The van der Waals surface area contributed by atoms with E-state index in [0.717, 1.165) is 6.54 Å². The van der Waals surface area contributed by atoms with Gasteiger partial charge in [-0.2, -0.15) is 0 Å². The van der Waals surface area contributed by atoms with Crippen molar-refractivity contribution in [2.75, 3.05) is 26.7 Å². The summed E-state index contributed by atoms with van der Waals surface area (Å²) in [6.45, 7) is 7.65. The Labute approximate surface area is 98.8 Å². The fourth-order valence-corrected chi connectivity index (χ4v) is 2.13. The smallest absolute Gasteiger partial charge is 0.221 e. The third-order valence-corrected chi connectivity index (χ3v) is 3.32. The Bertz CT molecular complexity index is 210. The fraction of sp³-hybridized carbons (Fsp3) is 0.917. The highest BCUT2D eigenvalue weighted by atomic mass is 16.1. The number of piperidine rings is 1. The molecule has 0 spiro atoms. The van der Waals surface area contributed by atoms with Crippen LogP contribution < -0.4 is 10.6 Å². The van der Waals surface area contributed by atoms with Crippen molar-refractivity contribution in [2.45, 2.75) is 45.2 Å². The zero-order valence-corrected chi connectivity index (χ0v) is 10.8. The van der Waals surface area contributed by atoms with Crippen LogP contribution in [-0.2, 0) is 4.79 Å². The molecule has 0 unspecified atom stereocenters. The minimum atomic E-state index is 0.118. The summed E-state index contributed by atoms with van der Waals surface area (Å²) in [5.74, 6) is 0.118. The first-order valence-electron chi connectivity index (χ1n) is 6.31. The molecule has 1 heterocycles. The normalized spacial score (nSPS) is 19.0. The molecule has 2 N–H and O–H groups in total. The number of rotatable bonds is 5. The van der Waals surface area contributed by atoms with Gasteiger partial charge in [-0.1, -0.05) is 0 Å². The van der Waals surface area contributed by atoms with Gasteiger partial charge in [0.15, 0.2) is 0 Å². The van der Waals surface area contributed by atoms with Gasteiger partial charge in [-0.15, -0.1) is 0 Å². The summed E-state index contributed by atoms with van der Waals surface area (Å²) >= 11 is 0. The number of nitrogens with zero attached hydrogens (tertiary/aromatic N) is 1. The molecule has 1 saturated heterocycles. The topological polar surface area (TPSA) is 44.4 Å². The Kier molecular flexibility index (Phi) is 5.77. The van der Waals surface area contributed by atoms with Crippen LogP contribution in [0.25, 0.3) is 0 Å². The van der Waals surface area contributed by atoms with E-state index < -0.39 is 0 Å². The van der Waals surface area contributed by atoms with Crippen LogP contribution in [0.5, 0.6) is 0 Å². The van der Waals surface area contributed by atoms with Gasteiger partial charge < -0.3 is 15.5 Å². The number of carbonyl (C=O) groups excluding carboxylic acids is 1. The van der Waals surface area contributed by atoms with Crippen LogP contribution in [0.4, 0.5) is 0 Å². The Morgan fingerprint density at radius 2 is 2.00 bits per heavy atom. The van der Waals surface area contributed by atoms with Gasteiger partial charge in [-0.05, 0) is 39.8 Å². The van der Waals surface area contributed by atoms with E-state index in [0.29, 0.717) is 18.5 Å². The number of hydrogen-bond acceptors (Lipinski definition) is 3. The van der Waals surface area contributed by atoms with Crippen LogP contribution in [0.15, 0.2) is 0 Å². The minimum absolute atomic E-state index is 0.118. The first-order chi connectivity index (χ1) is 7.63. The van der Waals surface area contributed by atoms with Gasteiger partial charge in [0.1, 0.15) is 0 Å². The van der Waals surface area contributed by atoms with E-state index in [2.05, 4.69) is 29.4 Å². The maximum Gasteiger partial charge on any atom is 0.221 e. The van der Waals surface area contributed by atoms with E-state index in [9.17, 15) is 4.79 Å². The lowest BCUT2D eigenvalue weighted by Crippen LogP contribution is -2.45. The molecule has 0 bridgehead atoms. The summed E-state index contributed by atoms with van der Waals surface area (Å²) in [6, 6.07) is 1.26. The average molecular weight is 227 g/mol. The second-order valence-electron chi connectivity index (χ2n) is 4.78. The maximum atomic E-state index is 11.0. The summed E-state index contributed by atoms with van der Waals surface area (Å²) in [6.07, 6.45) is 2.98. The van der Waals surface area contributed by atoms with Crippen LogP contribution in [0, 0.1) is 0 Å². The van der Waals surface area contributed by atoms with Gasteiger partial charge >= 0.3 is 0 Å². The van der Waals surface area contributed by atoms with E-state index in [1.54, 1.807) is 7.05 Å². The first kappa shape index (κ1) is 13.5. The highest BCUT2D eigenvalue weighted by Gasteiger charge is 2.20. The average Bonchev–Trinajstić information content (AvgIpc) is 2.29. The van der Waals surface area contributed by atoms with Crippen molar-refractivity contribution in [3.8, 4) is 0 Å². The Hall–Kier alpha value is -0.610. The van der Waals surface area contributed by atoms with Crippen molar-refractivity contribution < 1.29 is 4.79 Å². The van der Waals surface area contributed by atoms with Crippen LogP contribution in [0.2, 0.25) is 0 Å². The van der Waals surface area contributed by atoms with Crippen LogP contribution in [0.1, 0.15) is 33.1 Å². The molecule has 1 rings (SSSR count). The molecular weight excluding hydrogens is 202 g/mol. The van der Waals surface area contributed by atoms with E-state index in [1.807, 2.05) is 0 Å². The second kappa shape index (κ2) is 6.86. The molecule has 1 aliphatic heterocycles. The number of hydrogen-bond donors (Lipinski definition) is 2. The van der Waals surface area contributed by atoms with Crippen molar-refractivity contribution in [1.82, 2.24) is 15.5 Å². The molecule has 0 aromatic carbocycles. The predicted octanol–water partition coefficient (Wildman–Crippen LogP) is 0.585. The molecule has 0 aromatic rings. The number of amides is 1. The van der Waals surface area contributed by atoms with Gasteiger partial charge in [0.05, 0.1) is 0 Å². The molecule has 4 heteroatoms. The van der Waals surface area contributed by atoms with Crippen molar-refractivity contribution >= 4 is 5.91 Å². The van der Waals surface area contributed by atoms with Crippen LogP contribution >= 0.6 is 0 Å². The van der Waals surface area contributed by atoms with E-state index in [4.69, 9.17) is 0 Å². The molecule has 0 aliphatic carbocycles. The van der Waals surface area contributed by atoms with E-state index >= 15 is 0 Å². The van der Waals surface area contributed by atoms with Crippen molar-refractivity contribution in [3.05, 3.63) is 0 Å². The molecule has 0 radical (unpaired) electrons. The molecule has 0 aromatic heterocycles. The highest BCUT2D eigenvalue weighted by molar-refractivity contribution is 5.75. The predicted molar refractivity (Wildman–Crippen MR) is 66.4 cm³/mol. The van der Waals surface area contributed by atoms with Gasteiger partial charge in [-0.25, -0.2) is 0 Å². The Morgan fingerprint density at radius 1 is 1.38 bits per heavy atom. The van der Waals surface area contributed by atoms with Gasteiger partial charge in [0, 0.05) is 32.1 Å². The largest absolute Gasteiger partial charge is 0.359 e. The lowest BCUT2D eigenvalue weighted by atomic mass is 10.0. The minimum Gasteiger partial charge on any atom is -0.359 e. The molecule has 1 aliphatic rings. The summed E-state index contributed by atoms with van der Waals surface area (Å²) in [4.78, 5) is 13.5. The Morgan fingerprint density at radius 3 is 2.50 bits per heavy atom. The number of carbonyl (C=O) groups is 1. The molecule has 16 heavy (non-hydrogen) atoms. The van der Waals surface area contributed by atoms with Gasteiger partial charge in [0.2, 0.25) is 5.91 Å². The first-order valence-corrected chi connectivity index (χ1v) is 6.31. The SMILES string of the molecule is CNC(=O)CCNC1CCN(C(C)C)CC1. The molecule has 0 saturated carbocycles. The molecule has 94 valence electrons. The standard InChI is InChI=1S/C12H25N3O/c1-10(2)15-8-5-11(6-9-15)14-7-4-12(16)13-3/h10-11,14H,4-9H2,1-3H3,(H,13,16). The second-order valence-corrected chi connectivity index (χ2v) is 4.78. The quantitative estimate of drug-likeness (QED) is 0.722. The summed E-state index contributed by atoms with van der Waals surface area (Å²) in [5.41, 5.74) is 0. The molecule has 4 nitrogen and oxygen atoms in total. The van der Waals surface area contributed by atoms with Crippen LogP contribution in [-0.4, -0.2) is 49.6 Å². The van der Waals surface area contributed by atoms with Gasteiger partial charge in [0.25, 0.3) is 0 Å². The third-order valence-electron chi connectivity index (χ3n) is 3.32. The summed E-state index contributed by atoms with van der Waals surface area (Å²) in [7, 11) is 1.68. The Balaban J connectivity index is 2.10. The van der Waals surface area contributed by atoms with Crippen LogP contribution in [0.3, 0.4) is 0 Å². The number of nitrogens with one attached hydrogen (secondary N) is 2. The third kappa shape index (κ3) is 4.49. The van der Waals surface area contributed by atoms with Gasteiger partial charge in [-0.3, -0.25) is 4.79 Å². The zero-order valence-electron chi connectivity index (χ0n) is 10.8. The number of likely N-dealkylation sites (tertiary alicyclic amines) is 1. The molecule has 0 atom stereocenters. The van der Waals surface area contributed by atoms with Crippen molar-refractivity contribution in [1.29, 1.82) is 0 Å². The van der Waals surface area contributed by atoms with E-state index in [-0.39, 0.29) is 5.91 Å². The lowest BCUT2D eigenvalue weighted by molar-refractivity contribution is -0.120. The van der Waals surface area contributed by atoms with Crippen molar-refractivity contribution in [3.63, 3.8) is 0 Å². The molecule has 1 fully saturated rings. The van der Waals surface area contributed by atoms with E-state index in [1.165, 1.54) is 25.9 Å². The summed E-state index contributed by atoms with van der Waals surface area (Å²) < 4.78 is 0.